The van der Waals surface area contributed by atoms with Crippen molar-refractivity contribution in [2.24, 2.45) is 11.6 Å². The van der Waals surface area contributed by atoms with Crippen LogP contribution in [0.5, 0.6) is 0 Å². The van der Waals surface area contributed by atoms with Crippen molar-refractivity contribution in [2.45, 2.75) is 19.3 Å². The van der Waals surface area contributed by atoms with Gasteiger partial charge >= 0.3 is 0 Å². The van der Waals surface area contributed by atoms with Crippen LogP contribution in [-0.4, -0.2) is 35.0 Å². The maximum atomic E-state index is 6.09. The molecule has 1 aliphatic rings. The number of anilines is 1. The normalized spacial score (nSPS) is 15.3. The quantitative estimate of drug-likeness (QED) is 0.574. The molecule has 0 saturated carbocycles. The van der Waals surface area contributed by atoms with Crippen LogP contribution < -0.4 is 16.9 Å². The minimum atomic E-state index is 0.621. The molecule has 1 aromatic carbocycles. The maximum absolute atomic E-state index is 6.09. The number of fused-ring (bicyclic) bond motifs is 1. The maximum Gasteiger partial charge on any atom is 0.131 e. The molecule has 0 bridgehead atoms. The van der Waals surface area contributed by atoms with Gasteiger partial charge in [0, 0.05) is 37.9 Å². The number of aromatic nitrogens is 1. The van der Waals surface area contributed by atoms with Gasteiger partial charge in [0.05, 0.1) is 11.5 Å². The third kappa shape index (κ3) is 4.22. The number of nitrogens with one attached hydrogen (secondary N) is 1. The fraction of sp³-hybridized carbons (Fsp3) is 0.316. The summed E-state index contributed by atoms with van der Waals surface area (Å²) in [5.41, 5.74) is 7.64. The van der Waals surface area contributed by atoms with Crippen LogP contribution in [0, 0.1) is 0 Å². The molecule has 5 N–H and O–H groups in total. The molecule has 1 aliphatic heterocycles. The van der Waals surface area contributed by atoms with E-state index in [1.807, 2.05) is 30.5 Å². The first-order valence-electron chi connectivity index (χ1n) is 8.59. The molecule has 6 nitrogen and oxygen atoms in total. The molecule has 2 aromatic rings. The van der Waals surface area contributed by atoms with E-state index in [4.69, 9.17) is 11.6 Å². The molecule has 0 radical (unpaired) electrons. The molecule has 0 unspecified atom stereocenters. The zero-order chi connectivity index (χ0) is 17.8. The van der Waals surface area contributed by atoms with Crippen molar-refractivity contribution in [1.82, 2.24) is 14.9 Å². The Hall–Kier alpha value is -2.73. The molecule has 0 spiro atoms. The molecule has 6 heteroatoms. The van der Waals surface area contributed by atoms with Crippen LogP contribution in [0.2, 0.25) is 0 Å². The standard InChI is InChI=1S/C19H26N6/c1-14(25-8-4-3-5-9-25)23-19-11-17-10-15(18(20)13-24(2)21)6-7-16(17)12-22-19/h6-7,10-13H,1,3-5,8-9,20-21H2,2H3,(H,22,23)/b18-13-. The number of hydrogen-bond donors (Lipinski definition) is 3. The van der Waals surface area contributed by atoms with Crippen LogP contribution in [0.1, 0.15) is 24.8 Å². The summed E-state index contributed by atoms with van der Waals surface area (Å²) in [4.78, 5) is 6.77. The van der Waals surface area contributed by atoms with Gasteiger partial charge in [-0.2, -0.15) is 0 Å². The van der Waals surface area contributed by atoms with Gasteiger partial charge in [0.2, 0.25) is 0 Å². The fourth-order valence-corrected chi connectivity index (χ4v) is 3.07. The van der Waals surface area contributed by atoms with Crippen LogP contribution in [0.25, 0.3) is 16.5 Å². The van der Waals surface area contributed by atoms with Gasteiger partial charge in [0.25, 0.3) is 0 Å². The van der Waals surface area contributed by atoms with Crippen molar-refractivity contribution in [3.05, 3.63) is 54.6 Å². The minimum absolute atomic E-state index is 0.621. The Morgan fingerprint density at radius 3 is 2.72 bits per heavy atom. The van der Waals surface area contributed by atoms with Gasteiger partial charge < -0.3 is 21.0 Å². The topological polar surface area (TPSA) is 83.4 Å². The van der Waals surface area contributed by atoms with Gasteiger partial charge in [-0.1, -0.05) is 18.7 Å². The monoisotopic (exact) mass is 338 g/mol. The van der Waals surface area contributed by atoms with Gasteiger partial charge in [-0.15, -0.1) is 0 Å². The van der Waals surface area contributed by atoms with Gasteiger partial charge in [0.15, 0.2) is 0 Å². The molecular formula is C19H26N6. The van der Waals surface area contributed by atoms with Crippen LogP contribution in [0.15, 0.2) is 49.1 Å². The number of hydrazine groups is 1. The summed E-state index contributed by atoms with van der Waals surface area (Å²) >= 11 is 0. The molecular weight excluding hydrogens is 312 g/mol. The second kappa shape index (κ2) is 7.44. The van der Waals surface area contributed by atoms with Gasteiger partial charge in [-0.05, 0) is 42.3 Å². The van der Waals surface area contributed by atoms with Gasteiger partial charge in [-0.25, -0.2) is 10.8 Å². The first-order valence-corrected chi connectivity index (χ1v) is 8.59. The number of piperidine rings is 1. The van der Waals surface area contributed by atoms with E-state index in [9.17, 15) is 0 Å². The Balaban J connectivity index is 1.81. The number of nitrogens with zero attached hydrogens (tertiary/aromatic N) is 3. The van der Waals surface area contributed by atoms with E-state index in [2.05, 4.69) is 21.8 Å². The number of hydrogen-bond acceptors (Lipinski definition) is 6. The lowest BCUT2D eigenvalue weighted by atomic mass is 10.1. The first kappa shape index (κ1) is 17.1. The summed E-state index contributed by atoms with van der Waals surface area (Å²) in [6.45, 7) is 6.26. The average molecular weight is 338 g/mol. The van der Waals surface area contributed by atoms with Crippen LogP contribution in [0.3, 0.4) is 0 Å². The Labute approximate surface area is 148 Å². The highest BCUT2D eigenvalue weighted by Gasteiger charge is 2.12. The second-order valence-corrected chi connectivity index (χ2v) is 6.50. The highest BCUT2D eigenvalue weighted by molar-refractivity contribution is 5.87. The summed E-state index contributed by atoms with van der Waals surface area (Å²) in [5.74, 6) is 7.34. The van der Waals surface area contributed by atoms with E-state index in [-0.39, 0.29) is 0 Å². The van der Waals surface area contributed by atoms with E-state index in [0.717, 1.165) is 41.1 Å². The lowest BCUT2D eigenvalue weighted by molar-refractivity contribution is 0.289. The average Bonchev–Trinajstić information content (AvgIpc) is 2.61. The highest BCUT2D eigenvalue weighted by Crippen LogP contribution is 2.22. The molecule has 0 atom stereocenters. The fourth-order valence-electron chi connectivity index (χ4n) is 3.07. The summed E-state index contributed by atoms with van der Waals surface area (Å²) in [6.07, 6.45) is 7.29. The predicted molar refractivity (Wildman–Crippen MR) is 104 cm³/mol. The molecule has 0 aliphatic carbocycles. The molecule has 132 valence electrons. The molecule has 1 saturated heterocycles. The van der Waals surface area contributed by atoms with Crippen molar-refractivity contribution in [3.8, 4) is 0 Å². The van der Waals surface area contributed by atoms with E-state index < -0.39 is 0 Å². The summed E-state index contributed by atoms with van der Waals surface area (Å²) in [6, 6.07) is 8.05. The third-order valence-corrected chi connectivity index (χ3v) is 4.41. The Bertz CT molecular complexity index is 790. The summed E-state index contributed by atoms with van der Waals surface area (Å²) in [7, 11) is 1.74. The lowest BCUT2D eigenvalue weighted by Gasteiger charge is -2.30. The largest absolute Gasteiger partial charge is 0.397 e. The molecule has 25 heavy (non-hydrogen) atoms. The molecule has 0 amide bonds. The van der Waals surface area contributed by atoms with Crippen LogP contribution in [-0.2, 0) is 0 Å². The number of likely N-dealkylation sites (tertiary alicyclic amines) is 1. The van der Waals surface area contributed by atoms with Crippen molar-refractivity contribution < 1.29 is 0 Å². The lowest BCUT2D eigenvalue weighted by Crippen LogP contribution is -2.31. The highest BCUT2D eigenvalue weighted by atomic mass is 15.4. The Kier molecular flexibility index (Phi) is 5.09. The van der Waals surface area contributed by atoms with Gasteiger partial charge in [0.1, 0.15) is 5.82 Å². The number of pyridine rings is 1. The van der Waals surface area contributed by atoms with Crippen LogP contribution in [0.4, 0.5) is 5.82 Å². The van der Waals surface area contributed by atoms with E-state index in [0.29, 0.717) is 5.70 Å². The Morgan fingerprint density at radius 1 is 1.24 bits per heavy atom. The first-order chi connectivity index (χ1) is 12.0. The van der Waals surface area contributed by atoms with E-state index in [1.54, 1.807) is 13.2 Å². The van der Waals surface area contributed by atoms with E-state index >= 15 is 0 Å². The number of nitrogens with two attached hydrogens (primary N) is 2. The van der Waals surface area contributed by atoms with E-state index in [1.165, 1.54) is 24.3 Å². The van der Waals surface area contributed by atoms with Crippen molar-refractivity contribution in [1.29, 1.82) is 0 Å². The SMILES string of the molecule is C=C(Nc1cc2cc(/C(N)=C/N(C)N)ccc2cn1)N1CCCCC1. The zero-order valence-corrected chi connectivity index (χ0v) is 14.7. The Morgan fingerprint density at radius 2 is 2.00 bits per heavy atom. The zero-order valence-electron chi connectivity index (χ0n) is 14.7. The predicted octanol–water partition coefficient (Wildman–Crippen LogP) is 2.67. The number of benzene rings is 1. The van der Waals surface area contributed by atoms with Crippen LogP contribution >= 0.6 is 0 Å². The van der Waals surface area contributed by atoms with Gasteiger partial charge in [-0.3, -0.25) is 0 Å². The summed E-state index contributed by atoms with van der Waals surface area (Å²) < 4.78 is 0. The summed E-state index contributed by atoms with van der Waals surface area (Å²) in [5, 5.41) is 6.91. The molecule has 1 aromatic heterocycles. The third-order valence-electron chi connectivity index (χ3n) is 4.41. The molecule has 2 heterocycles. The molecule has 3 rings (SSSR count). The smallest absolute Gasteiger partial charge is 0.131 e. The minimum Gasteiger partial charge on any atom is -0.397 e. The number of rotatable bonds is 5. The molecule has 1 fully saturated rings. The van der Waals surface area contributed by atoms with Crippen molar-refractivity contribution in [3.63, 3.8) is 0 Å². The van der Waals surface area contributed by atoms with Crippen molar-refractivity contribution >= 4 is 22.3 Å². The second-order valence-electron chi connectivity index (χ2n) is 6.50. The van der Waals surface area contributed by atoms with Crippen molar-refractivity contribution in [2.75, 3.05) is 25.5 Å².